The van der Waals surface area contributed by atoms with Crippen LogP contribution in [0, 0.1) is 13.8 Å². The van der Waals surface area contributed by atoms with Crippen LogP contribution in [-0.4, -0.2) is 34.9 Å². The molecule has 0 amide bonds. The first-order chi connectivity index (χ1) is 12.3. The van der Waals surface area contributed by atoms with Crippen LogP contribution in [0.2, 0.25) is 0 Å². The number of aliphatic imine (C=N–C) groups is 1. The quantitative estimate of drug-likeness (QED) is 0.616. The highest BCUT2D eigenvalue weighted by Crippen LogP contribution is 2.24. The van der Waals surface area contributed by atoms with Crippen LogP contribution in [0.25, 0.3) is 0 Å². The van der Waals surface area contributed by atoms with Crippen molar-refractivity contribution in [1.29, 1.82) is 0 Å². The van der Waals surface area contributed by atoms with E-state index in [2.05, 4.69) is 66.6 Å². The normalized spacial score (nSPS) is 12.2. The topological polar surface area (TPSA) is 63.5 Å². The van der Waals surface area contributed by atoms with Gasteiger partial charge < -0.3 is 15.4 Å². The Kier molecular flexibility index (Phi) is 6.66. The second-order valence-electron chi connectivity index (χ2n) is 7.46. The summed E-state index contributed by atoms with van der Waals surface area (Å²) in [5, 5.41) is 11.0. The zero-order valence-corrected chi connectivity index (χ0v) is 16.8. The molecule has 1 aromatic carbocycles. The SMILES string of the molecule is CN=C(NCCn1cc(C)cn1)NCc1ccc(C)cc1OC(C)(C)C. The number of hydrogen-bond acceptors (Lipinski definition) is 3. The van der Waals surface area contributed by atoms with E-state index in [1.807, 2.05) is 24.0 Å². The Morgan fingerprint density at radius 3 is 2.58 bits per heavy atom. The molecule has 0 aliphatic rings. The van der Waals surface area contributed by atoms with Crippen molar-refractivity contribution in [3.63, 3.8) is 0 Å². The van der Waals surface area contributed by atoms with Crippen molar-refractivity contribution in [3.05, 3.63) is 47.3 Å². The van der Waals surface area contributed by atoms with Crippen LogP contribution in [-0.2, 0) is 13.1 Å². The van der Waals surface area contributed by atoms with Gasteiger partial charge in [-0.25, -0.2) is 0 Å². The standard InChI is InChI=1S/C20H31N5O/c1-15-7-8-17(18(11-15)26-20(3,4)5)13-23-19(21-6)22-9-10-25-14-16(2)12-24-25/h7-8,11-12,14H,9-10,13H2,1-6H3,(H2,21,22,23). The van der Waals surface area contributed by atoms with Gasteiger partial charge in [0, 0.05) is 31.9 Å². The van der Waals surface area contributed by atoms with Gasteiger partial charge in [-0.15, -0.1) is 0 Å². The highest BCUT2D eigenvalue weighted by atomic mass is 16.5. The second-order valence-corrected chi connectivity index (χ2v) is 7.46. The molecule has 0 atom stereocenters. The van der Waals surface area contributed by atoms with Gasteiger partial charge in [-0.3, -0.25) is 9.67 Å². The van der Waals surface area contributed by atoms with Crippen LogP contribution in [0.1, 0.15) is 37.5 Å². The molecule has 142 valence electrons. The Labute approximate surface area is 156 Å². The third kappa shape index (κ3) is 6.43. The summed E-state index contributed by atoms with van der Waals surface area (Å²) >= 11 is 0. The Morgan fingerprint density at radius 1 is 1.19 bits per heavy atom. The minimum absolute atomic E-state index is 0.232. The summed E-state index contributed by atoms with van der Waals surface area (Å²) in [7, 11) is 1.77. The zero-order valence-electron chi connectivity index (χ0n) is 16.8. The molecule has 2 N–H and O–H groups in total. The van der Waals surface area contributed by atoms with E-state index in [9.17, 15) is 0 Å². The van der Waals surface area contributed by atoms with Crippen molar-refractivity contribution < 1.29 is 4.74 Å². The van der Waals surface area contributed by atoms with Gasteiger partial charge in [-0.05, 0) is 51.8 Å². The summed E-state index contributed by atoms with van der Waals surface area (Å²) < 4.78 is 8.03. The molecule has 6 nitrogen and oxygen atoms in total. The van der Waals surface area contributed by atoms with Gasteiger partial charge in [0.2, 0.25) is 0 Å². The maximum absolute atomic E-state index is 6.11. The zero-order chi connectivity index (χ0) is 19.2. The number of ether oxygens (including phenoxy) is 1. The van der Waals surface area contributed by atoms with E-state index in [0.717, 1.165) is 30.4 Å². The fourth-order valence-electron chi connectivity index (χ4n) is 2.51. The molecule has 1 heterocycles. The van der Waals surface area contributed by atoms with Crippen LogP contribution in [0.5, 0.6) is 5.75 Å². The maximum atomic E-state index is 6.11. The minimum Gasteiger partial charge on any atom is -0.488 e. The predicted molar refractivity (Wildman–Crippen MR) is 107 cm³/mol. The molecule has 26 heavy (non-hydrogen) atoms. The smallest absolute Gasteiger partial charge is 0.191 e. The van der Waals surface area contributed by atoms with Crippen molar-refractivity contribution in [3.8, 4) is 5.75 Å². The fourth-order valence-corrected chi connectivity index (χ4v) is 2.51. The Bertz CT molecular complexity index is 743. The van der Waals surface area contributed by atoms with Crippen LogP contribution in [0.15, 0.2) is 35.6 Å². The highest BCUT2D eigenvalue weighted by Gasteiger charge is 2.15. The van der Waals surface area contributed by atoms with E-state index in [-0.39, 0.29) is 5.60 Å². The summed E-state index contributed by atoms with van der Waals surface area (Å²) in [6, 6.07) is 6.28. The van der Waals surface area contributed by atoms with Gasteiger partial charge in [0.15, 0.2) is 5.96 Å². The lowest BCUT2D eigenvalue weighted by atomic mass is 10.1. The monoisotopic (exact) mass is 357 g/mol. The first-order valence-corrected chi connectivity index (χ1v) is 8.99. The number of aromatic nitrogens is 2. The summed E-state index contributed by atoms with van der Waals surface area (Å²) in [6.07, 6.45) is 3.89. The highest BCUT2D eigenvalue weighted by molar-refractivity contribution is 5.79. The van der Waals surface area contributed by atoms with Crippen molar-refractivity contribution in [2.75, 3.05) is 13.6 Å². The van der Waals surface area contributed by atoms with E-state index < -0.39 is 0 Å². The van der Waals surface area contributed by atoms with Crippen LogP contribution >= 0.6 is 0 Å². The molecular formula is C20H31N5O. The number of rotatable bonds is 6. The average Bonchev–Trinajstić information content (AvgIpc) is 2.96. The number of hydrogen-bond donors (Lipinski definition) is 2. The molecule has 0 saturated heterocycles. The summed E-state index contributed by atoms with van der Waals surface area (Å²) in [5.74, 6) is 1.67. The number of guanidine groups is 1. The Hall–Kier alpha value is -2.50. The molecule has 0 spiro atoms. The molecule has 0 fully saturated rings. The first kappa shape index (κ1) is 19.8. The third-order valence-corrected chi connectivity index (χ3v) is 3.70. The van der Waals surface area contributed by atoms with Gasteiger partial charge in [-0.1, -0.05) is 12.1 Å². The molecule has 2 aromatic rings. The number of benzene rings is 1. The van der Waals surface area contributed by atoms with Gasteiger partial charge in [0.05, 0.1) is 12.7 Å². The Balaban J connectivity index is 1.91. The van der Waals surface area contributed by atoms with Crippen molar-refractivity contribution in [2.45, 2.75) is 53.3 Å². The molecule has 0 aliphatic heterocycles. The molecule has 0 radical (unpaired) electrons. The summed E-state index contributed by atoms with van der Waals surface area (Å²) in [4.78, 5) is 4.29. The fraction of sp³-hybridized carbons (Fsp3) is 0.500. The van der Waals surface area contributed by atoms with Gasteiger partial charge in [0.25, 0.3) is 0 Å². The molecular weight excluding hydrogens is 326 g/mol. The molecule has 2 rings (SSSR count). The number of aryl methyl sites for hydroxylation is 2. The number of nitrogens with zero attached hydrogens (tertiary/aromatic N) is 3. The van der Waals surface area contributed by atoms with Crippen molar-refractivity contribution in [1.82, 2.24) is 20.4 Å². The van der Waals surface area contributed by atoms with Crippen LogP contribution in [0.4, 0.5) is 0 Å². The third-order valence-electron chi connectivity index (χ3n) is 3.70. The number of nitrogens with one attached hydrogen (secondary N) is 2. The lowest BCUT2D eigenvalue weighted by Gasteiger charge is -2.24. The maximum Gasteiger partial charge on any atom is 0.191 e. The van der Waals surface area contributed by atoms with Gasteiger partial charge in [-0.2, -0.15) is 5.10 Å². The van der Waals surface area contributed by atoms with Crippen LogP contribution in [0.3, 0.4) is 0 Å². The van der Waals surface area contributed by atoms with E-state index in [0.29, 0.717) is 6.54 Å². The average molecular weight is 358 g/mol. The largest absolute Gasteiger partial charge is 0.488 e. The van der Waals surface area contributed by atoms with Gasteiger partial charge in [0.1, 0.15) is 11.4 Å². The summed E-state index contributed by atoms with van der Waals surface area (Å²) in [5.41, 5.74) is 3.23. The van der Waals surface area contributed by atoms with Crippen molar-refractivity contribution in [2.24, 2.45) is 4.99 Å². The Morgan fingerprint density at radius 2 is 1.96 bits per heavy atom. The van der Waals surface area contributed by atoms with E-state index >= 15 is 0 Å². The summed E-state index contributed by atoms with van der Waals surface area (Å²) in [6.45, 7) is 12.5. The molecule has 0 unspecified atom stereocenters. The van der Waals surface area contributed by atoms with E-state index in [1.165, 1.54) is 11.1 Å². The van der Waals surface area contributed by atoms with E-state index in [1.54, 1.807) is 7.05 Å². The molecule has 1 aromatic heterocycles. The molecule has 6 heteroatoms. The second kappa shape index (κ2) is 8.74. The molecule has 0 aliphatic carbocycles. The van der Waals surface area contributed by atoms with Crippen molar-refractivity contribution >= 4 is 5.96 Å². The molecule has 0 bridgehead atoms. The lowest BCUT2D eigenvalue weighted by Crippen LogP contribution is -2.38. The van der Waals surface area contributed by atoms with Gasteiger partial charge >= 0.3 is 0 Å². The first-order valence-electron chi connectivity index (χ1n) is 8.99. The van der Waals surface area contributed by atoms with Crippen LogP contribution < -0.4 is 15.4 Å². The van der Waals surface area contributed by atoms with E-state index in [4.69, 9.17) is 4.74 Å². The molecule has 0 saturated carbocycles. The minimum atomic E-state index is -0.232. The lowest BCUT2D eigenvalue weighted by molar-refractivity contribution is 0.129. The predicted octanol–water partition coefficient (Wildman–Crippen LogP) is 3.04.